The van der Waals surface area contributed by atoms with E-state index < -0.39 is 10.0 Å². The highest BCUT2D eigenvalue weighted by molar-refractivity contribution is 7.89. The number of rotatable bonds is 7. The molecule has 0 radical (unpaired) electrons. The van der Waals surface area contributed by atoms with E-state index in [1.807, 2.05) is 32.0 Å². The van der Waals surface area contributed by atoms with Crippen molar-refractivity contribution in [1.82, 2.24) is 4.31 Å². The van der Waals surface area contributed by atoms with Gasteiger partial charge in [0.2, 0.25) is 15.9 Å². The van der Waals surface area contributed by atoms with Gasteiger partial charge in [-0.1, -0.05) is 31.2 Å². The second-order valence-corrected chi connectivity index (χ2v) is 9.10. The molecule has 2 aromatic carbocycles. The fourth-order valence-corrected chi connectivity index (χ4v) is 5.14. The van der Waals surface area contributed by atoms with Gasteiger partial charge in [-0.15, -0.1) is 0 Å². The highest BCUT2D eigenvalue weighted by Gasteiger charge is 2.29. The van der Waals surface area contributed by atoms with Gasteiger partial charge in [0.15, 0.2) is 0 Å². The number of para-hydroxylation sites is 1. The Morgan fingerprint density at radius 3 is 2.60 bits per heavy atom. The van der Waals surface area contributed by atoms with E-state index in [2.05, 4.69) is 5.32 Å². The van der Waals surface area contributed by atoms with Crippen molar-refractivity contribution in [3.63, 3.8) is 0 Å². The minimum atomic E-state index is -3.74. The first-order valence-electron chi connectivity index (χ1n) is 10.00. The molecule has 3 rings (SSSR count). The smallest absolute Gasteiger partial charge is 0.246 e. The number of nitrogens with one attached hydrogen (secondary N) is 1. The summed E-state index contributed by atoms with van der Waals surface area (Å²) in [6, 6.07) is 10.8. The van der Waals surface area contributed by atoms with E-state index in [-0.39, 0.29) is 23.0 Å². The number of anilines is 1. The van der Waals surface area contributed by atoms with Crippen molar-refractivity contribution < 1.29 is 22.7 Å². The minimum absolute atomic E-state index is 0.0626. The molecule has 0 aliphatic carbocycles. The molecule has 1 fully saturated rings. The van der Waals surface area contributed by atoms with Crippen LogP contribution in [-0.2, 0) is 32.4 Å². The zero-order valence-electron chi connectivity index (χ0n) is 17.6. The van der Waals surface area contributed by atoms with Crippen molar-refractivity contribution in [1.29, 1.82) is 0 Å². The summed E-state index contributed by atoms with van der Waals surface area (Å²) in [4.78, 5) is 12.8. The number of ether oxygens (including phenoxy) is 2. The molecule has 0 spiro atoms. The van der Waals surface area contributed by atoms with Gasteiger partial charge in [0.25, 0.3) is 0 Å². The number of nitrogens with zero attached hydrogens (tertiary/aromatic N) is 1. The van der Waals surface area contributed by atoms with Gasteiger partial charge >= 0.3 is 0 Å². The molecule has 7 nitrogen and oxygen atoms in total. The number of amides is 1. The Kier molecular flexibility index (Phi) is 7.12. The number of sulfonamides is 1. The van der Waals surface area contributed by atoms with Gasteiger partial charge in [0.1, 0.15) is 10.6 Å². The highest BCUT2D eigenvalue weighted by Crippen LogP contribution is 2.29. The molecule has 1 N–H and O–H groups in total. The molecule has 1 heterocycles. The number of carbonyl (C=O) groups is 1. The molecule has 0 aromatic heterocycles. The SMILES string of the molecule is CCc1cccc(C)c1NC(=O)Cc1ccc(OC)c(S(=O)(=O)N2CCOCC2)c1. The molecule has 2 aromatic rings. The largest absolute Gasteiger partial charge is 0.495 e. The van der Waals surface area contributed by atoms with Crippen molar-refractivity contribution in [2.75, 3.05) is 38.7 Å². The number of methoxy groups -OCH3 is 1. The predicted molar refractivity (Wildman–Crippen MR) is 115 cm³/mol. The van der Waals surface area contributed by atoms with E-state index >= 15 is 0 Å². The summed E-state index contributed by atoms with van der Waals surface area (Å²) < 4.78 is 38.2. The van der Waals surface area contributed by atoms with Gasteiger partial charge in [0.05, 0.1) is 26.7 Å². The molecule has 0 unspecified atom stereocenters. The summed E-state index contributed by atoms with van der Waals surface area (Å²) in [5.41, 5.74) is 3.48. The van der Waals surface area contributed by atoms with E-state index in [1.54, 1.807) is 12.1 Å². The van der Waals surface area contributed by atoms with E-state index in [0.717, 1.165) is 23.2 Å². The zero-order valence-corrected chi connectivity index (χ0v) is 18.4. The van der Waals surface area contributed by atoms with Crippen LogP contribution in [0.1, 0.15) is 23.6 Å². The van der Waals surface area contributed by atoms with Crippen LogP contribution in [0, 0.1) is 6.92 Å². The summed E-state index contributed by atoms with van der Waals surface area (Å²) in [6.45, 7) is 5.30. The molecule has 1 aliphatic rings. The summed E-state index contributed by atoms with van der Waals surface area (Å²) in [7, 11) is -2.31. The molecule has 1 amide bonds. The second kappa shape index (κ2) is 9.59. The van der Waals surface area contributed by atoms with Gasteiger partial charge in [0, 0.05) is 18.8 Å². The van der Waals surface area contributed by atoms with Crippen LogP contribution in [-0.4, -0.2) is 52.0 Å². The first-order chi connectivity index (χ1) is 14.4. The molecule has 0 bridgehead atoms. The zero-order chi connectivity index (χ0) is 21.7. The maximum absolute atomic E-state index is 13.1. The van der Waals surface area contributed by atoms with E-state index in [9.17, 15) is 13.2 Å². The standard InChI is InChI=1S/C22H28N2O5S/c1-4-18-7-5-6-16(2)22(18)23-21(25)15-17-8-9-19(28-3)20(14-17)30(26,27)24-10-12-29-13-11-24/h5-9,14H,4,10-13,15H2,1-3H3,(H,23,25). The minimum Gasteiger partial charge on any atom is -0.495 e. The van der Waals surface area contributed by atoms with Crippen molar-refractivity contribution >= 4 is 21.6 Å². The highest BCUT2D eigenvalue weighted by atomic mass is 32.2. The van der Waals surface area contributed by atoms with Crippen LogP contribution in [0.2, 0.25) is 0 Å². The topological polar surface area (TPSA) is 84.9 Å². The number of morpholine rings is 1. The summed E-state index contributed by atoms with van der Waals surface area (Å²) in [6.07, 6.45) is 0.870. The lowest BCUT2D eigenvalue weighted by molar-refractivity contribution is -0.115. The number of benzene rings is 2. The van der Waals surface area contributed by atoms with Crippen LogP contribution in [0.5, 0.6) is 5.75 Å². The fraction of sp³-hybridized carbons (Fsp3) is 0.409. The van der Waals surface area contributed by atoms with Crippen molar-refractivity contribution in [3.05, 3.63) is 53.1 Å². The first kappa shape index (κ1) is 22.3. The van der Waals surface area contributed by atoms with Gasteiger partial charge in [-0.25, -0.2) is 8.42 Å². The van der Waals surface area contributed by atoms with Crippen molar-refractivity contribution in [3.8, 4) is 5.75 Å². The van der Waals surface area contributed by atoms with Crippen molar-refractivity contribution in [2.24, 2.45) is 0 Å². The quantitative estimate of drug-likeness (QED) is 0.727. The molecule has 8 heteroatoms. The Bertz CT molecular complexity index is 1010. The van der Waals surface area contributed by atoms with E-state index in [4.69, 9.17) is 9.47 Å². The van der Waals surface area contributed by atoms with Crippen LogP contribution in [0.4, 0.5) is 5.69 Å². The van der Waals surface area contributed by atoms with Crippen LogP contribution in [0.15, 0.2) is 41.3 Å². The Morgan fingerprint density at radius 2 is 1.93 bits per heavy atom. The Labute approximate surface area is 178 Å². The lowest BCUT2D eigenvalue weighted by atomic mass is 10.1. The molecule has 30 heavy (non-hydrogen) atoms. The number of aryl methyl sites for hydroxylation is 2. The van der Waals surface area contributed by atoms with Crippen LogP contribution in [0.3, 0.4) is 0 Å². The summed E-state index contributed by atoms with van der Waals surface area (Å²) in [5.74, 6) is 0.0664. The summed E-state index contributed by atoms with van der Waals surface area (Å²) >= 11 is 0. The average Bonchev–Trinajstić information content (AvgIpc) is 2.75. The lowest BCUT2D eigenvalue weighted by Crippen LogP contribution is -2.40. The summed E-state index contributed by atoms with van der Waals surface area (Å²) in [5, 5.41) is 2.98. The molecule has 162 valence electrons. The van der Waals surface area contributed by atoms with Crippen molar-refractivity contribution in [2.45, 2.75) is 31.6 Å². The number of carbonyl (C=O) groups excluding carboxylic acids is 1. The first-order valence-corrected chi connectivity index (χ1v) is 11.4. The molecule has 1 aliphatic heterocycles. The Hall–Kier alpha value is -2.42. The van der Waals surface area contributed by atoms with Gasteiger partial charge in [-0.2, -0.15) is 4.31 Å². The van der Waals surface area contributed by atoms with Crippen LogP contribution < -0.4 is 10.1 Å². The third kappa shape index (κ3) is 4.83. The third-order valence-corrected chi connectivity index (χ3v) is 7.10. The normalized spacial score (nSPS) is 15.0. The average molecular weight is 433 g/mol. The number of hydrogen-bond acceptors (Lipinski definition) is 5. The molecule has 1 saturated heterocycles. The second-order valence-electron chi connectivity index (χ2n) is 7.19. The number of hydrogen-bond donors (Lipinski definition) is 1. The Morgan fingerprint density at radius 1 is 1.20 bits per heavy atom. The lowest BCUT2D eigenvalue weighted by Gasteiger charge is -2.26. The van der Waals surface area contributed by atoms with E-state index in [1.165, 1.54) is 17.5 Å². The predicted octanol–water partition coefficient (Wildman–Crippen LogP) is 2.77. The van der Waals surface area contributed by atoms with Gasteiger partial charge < -0.3 is 14.8 Å². The van der Waals surface area contributed by atoms with Gasteiger partial charge in [-0.05, 0) is 42.2 Å². The molecule has 0 atom stereocenters. The molecular weight excluding hydrogens is 404 g/mol. The molecule has 0 saturated carbocycles. The fourth-order valence-electron chi connectivity index (χ4n) is 3.53. The van der Waals surface area contributed by atoms with Crippen LogP contribution >= 0.6 is 0 Å². The maximum atomic E-state index is 13.1. The van der Waals surface area contributed by atoms with Crippen LogP contribution in [0.25, 0.3) is 0 Å². The third-order valence-electron chi connectivity index (χ3n) is 5.19. The monoisotopic (exact) mass is 432 g/mol. The maximum Gasteiger partial charge on any atom is 0.246 e. The van der Waals surface area contributed by atoms with Gasteiger partial charge in [-0.3, -0.25) is 4.79 Å². The Balaban J connectivity index is 1.84. The van der Waals surface area contributed by atoms with E-state index in [0.29, 0.717) is 31.9 Å². The molecular formula is C22H28N2O5S.